The van der Waals surface area contributed by atoms with Crippen LogP contribution in [-0.2, 0) is 5.75 Å². The average molecular weight is 322 g/mol. The fourth-order valence-electron chi connectivity index (χ4n) is 2.08. The Hall–Kier alpha value is -1.16. The molecular weight excluding hydrogens is 302 g/mol. The van der Waals surface area contributed by atoms with Gasteiger partial charge in [0.05, 0.1) is 7.11 Å². The molecule has 2 aromatic carbocycles. The van der Waals surface area contributed by atoms with E-state index in [2.05, 4.69) is 23.5 Å². The third-order valence-electron chi connectivity index (χ3n) is 3.37. The summed E-state index contributed by atoms with van der Waals surface area (Å²) in [7, 11) is 3.68. The minimum atomic E-state index is 0.323. The highest BCUT2D eigenvalue weighted by Gasteiger charge is 2.10. The van der Waals surface area contributed by atoms with Gasteiger partial charge in [-0.05, 0) is 36.4 Å². The van der Waals surface area contributed by atoms with Crippen LogP contribution >= 0.6 is 23.4 Å². The second kappa shape index (κ2) is 8.32. The number of benzene rings is 2. The molecule has 112 valence electrons. The number of methoxy groups -OCH3 is 1. The molecular formula is C17H20ClNOS. The molecule has 0 bridgehead atoms. The molecule has 1 atom stereocenters. The molecule has 2 rings (SSSR count). The lowest BCUT2D eigenvalue weighted by Gasteiger charge is -2.17. The third-order valence-corrected chi connectivity index (χ3v) is 4.82. The van der Waals surface area contributed by atoms with Crippen molar-refractivity contribution in [1.82, 2.24) is 5.32 Å². The van der Waals surface area contributed by atoms with E-state index in [-0.39, 0.29) is 0 Å². The Kier molecular flexibility index (Phi) is 6.43. The van der Waals surface area contributed by atoms with Crippen molar-refractivity contribution < 1.29 is 4.74 Å². The first-order chi connectivity index (χ1) is 10.2. The van der Waals surface area contributed by atoms with Crippen LogP contribution in [0.25, 0.3) is 0 Å². The summed E-state index contributed by atoms with van der Waals surface area (Å²) in [6.07, 6.45) is 0. The molecule has 1 unspecified atom stereocenters. The van der Waals surface area contributed by atoms with E-state index in [9.17, 15) is 0 Å². The highest BCUT2D eigenvalue weighted by Crippen LogP contribution is 2.25. The van der Waals surface area contributed by atoms with Crippen LogP contribution in [0.1, 0.15) is 17.2 Å². The first-order valence-electron chi connectivity index (χ1n) is 6.87. The van der Waals surface area contributed by atoms with Gasteiger partial charge in [-0.1, -0.05) is 41.9 Å². The molecule has 0 aliphatic rings. The van der Waals surface area contributed by atoms with Crippen molar-refractivity contribution in [2.75, 3.05) is 19.9 Å². The number of halogens is 1. The molecule has 2 nitrogen and oxygen atoms in total. The van der Waals surface area contributed by atoms with E-state index < -0.39 is 0 Å². The molecule has 0 heterocycles. The quantitative estimate of drug-likeness (QED) is 0.808. The highest BCUT2D eigenvalue weighted by molar-refractivity contribution is 7.98. The zero-order chi connectivity index (χ0) is 15.1. The Bertz CT molecular complexity index is 559. The lowest BCUT2D eigenvalue weighted by Crippen LogP contribution is -2.18. The lowest BCUT2D eigenvalue weighted by atomic mass is 10.1. The van der Waals surface area contributed by atoms with Crippen LogP contribution in [0.5, 0.6) is 5.75 Å². The number of rotatable bonds is 7. The molecule has 0 saturated carbocycles. The molecule has 0 aliphatic heterocycles. The highest BCUT2D eigenvalue weighted by atomic mass is 35.5. The van der Waals surface area contributed by atoms with E-state index in [4.69, 9.17) is 16.3 Å². The Labute approximate surface area is 135 Å². The topological polar surface area (TPSA) is 21.3 Å². The van der Waals surface area contributed by atoms with Gasteiger partial charge < -0.3 is 10.1 Å². The first-order valence-corrected chi connectivity index (χ1v) is 8.40. The maximum atomic E-state index is 6.18. The Morgan fingerprint density at radius 2 is 1.86 bits per heavy atom. The molecule has 0 amide bonds. The zero-order valence-corrected chi connectivity index (χ0v) is 13.9. The Morgan fingerprint density at radius 1 is 1.14 bits per heavy atom. The van der Waals surface area contributed by atoms with E-state index in [1.54, 1.807) is 7.11 Å². The average Bonchev–Trinajstić information content (AvgIpc) is 2.53. The van der Waals surface area contributed by atoms with Gasteiger partial charge in [-0.3, -0.25) is 0 Å². The second-order valence-electron chi connectivity index (χ2n) is 4.72. The zero-order valence-electron chi connectivity index (χ0n) is 12.3. The number of nitrogens with one attached hydrogen (secondary N) is 1. The van der Waals surface area contributed by atoms with Crippen molar-refractivity contribution in [3.63, 3.8) is 0 Å². The molecule has 4 heteroatoms. The van der Waals surface area contributed by atoms with Gasteiger partial charge in [-0.25, -0.2) is 0 Å². The van der Waals surface area contributed by atoms with Gasteiger partial charge in [0.25, 0.3) is 0 Å². The Morgan fingerprint density at radius 3 is 2.48 bits per heavy atom. The van der Waals surface area contributed by atoms with Crippen LogP contribution in [0.4, 0.5) is 0 Å². The van der Waals surface area contributed by atoms with Crippen molar-refractivity contribution in [2.45, 2.75) is 11.8 Å². The van der Waals surface area contributed by atoms with Crippen LogP contribution in [0, 0.1) is 0 Å². The van der Waals surface area contributed by atoms with E-state index in [0.717, 1.165) is 22.3 Å². The van der Waals surface area contributed by atoms with Gasteiger partial charge in [0.1, 0.15) is 5.75 Å². The van der Waals surface area contributed by atoms with Crippen molar-refractivity contribution in [3.05, 3.63) is 64.7 Å². The molecule has 0 saturated heterocycles. The van der Waals surface area contributed by atoms with Crippen molar-refractivity contribution in [2.24, 2.45) is 0 Å². The molecule has 1 N–H and O–H groups in total. The van der Waals surface area contributed by atoms with Gasteiger partial charge in [-0.15, -0.1) is 0 Å². The van der Waals surface area contributed by atoms with Crippen molar-refractivity contribution >= 4 is 23.4 Å². The smallest absolute Gasteiger partial charge is 0.118 e. The SMILES string of the molecule is CNC(CSCc1ccccc1Cl)c1ccc(OC)cc1. The summed E-state index contributed by atoms with van der Waals surface area (Å²) >= 11 is 8.06. The first kappa shape index (κ1) is 16.2. The standard InChI is InChI=1S/C17H20ClNOS/c1-19-17(13-7-9-15(20-2)10-8-13)12-21-11-14-5-3-4-6-16(14)18/h3-10,17,19H,11-12H2,1-2H3. The minimum absolute atomic E-state index is 0.323. The summed E-state index contributed by atoms with van der Waals surface area (Å²) < 4.78 is 5.19. The summed E-state index contributed by atoms with van der Waals surface area (Å²) in [5.74, 6) is 2.81. The van der Waals surface area contributed by atoms with Crippen LogP contribution in [0.2, 0.25) is 5.02 Å². The lowest BCUT2D eigenvalue weighted by molar-refractivity contribution is 0.414. The predicted molar refractivity (Wildman–Crippen MR) is 92.4 cm³/mol. The van der Waals surface area contributed by atoms with E-state index in [0.29, 0.717) is 6.04 Å². The molecule has 0 fully saturated rings. The summed E-state index contributed by atoms with van der Waals surface area (Å²) in [4.78, 5) is 0. The van der Waals surface area contributed by atoms with Gasteiger partial charge in [0.2, 0.25) is 0 Å². The monoisotopic (exact) mass is 321 g/mol. The molecule has 0 radical (unpaired) electrons. The minimum Gasteiger partial charge on any atom is -0.497 e. The number of hydrogen-bond donors (Lipinski definition) is 1. The third kappa shape index (κ3) is 4.67. The van der Waals surface area contributed by atoms with Crippen LogP contribution in [0.3, 0.4) is 0 Å². The van der Waals surface area contributed by atoms with E-state index in [1.807, 2.05) is 49.1 Å². The predicted octanol–water partition coefficient (Wildman–Crippen LogP) is 4.54. The van der Waals surface area contributed by atoms with Gasteiger partial charge >= 0.3 is 0 Å². The van der Waals surface area contributed by atoms with E-state index >= 15 is 0 Å². The molecule has 0 aliphatic carbocycles. The molecule has 0 aromatic heterocycles. The largest absolute Gasteiger partial charge is 0.497 e. The number of ether oxygens (including phenoxy) is 1. The molecule has 2 aromatic rings. The summed E-state index contributed by atoms with van der Waals surface area (Å²) in [5.41, 5.74) is 2.46. The Balaban J connectivity index is 1.91. The van der Waals surface area contributed by atoms with Crippen molar-refractivity contribution in [3.8, 4) is 5.75 Å². The van der Waals surface area contributed by atoms with Crippen LogP contribution in [-0.4, -0.2) is 19.9 Å². The summed E-state index contributed by atoms with van der Waals surface area (Å²) in [6.45, 7) is 0. The van der Waals surface area contributed by atoms with Gasteiger partial charge in [0, 0.05) is 22.6 Å². The van der Waals surface area contributed by atoms with Gasteiger partial charge in [0.15, 0.2) is 0 Å². The fourth-order valence-corrected chi connectivity index (χ4v) is 3.55. The van der Waals surface area contributed by atoms with Gasteiger partial charge in [-0.2, -0.15) is 11.8 Å². The molecule has 21 heavy (non-hydrogen) atoms. The maximum Gasteiger partial charge on any atom is 0.118 e. The van der Waals surface area contributed by atoms with Crippen LogP contribution < -0.4 is 10.1 Å². The summed E-state index contributed by atoms with van der Waals surface area (Å²) in [6, 6.07) is 16.5. The maximum absolute atomic E-state index is 6.18. The number of hydrogen-bond acceptors (Lipinski definition) is 3. The van der Waals surface area contributed by atoms with E-state index in [1.165, 1.54) is 11.1 Å². The fraction of sp³-hybridized carbons (Fsp3) is 0.294. The molecule has 0 spiro atoms. The normalized spacial score (nSPS) is 12.1. The van der Waals surface area contributed by atoms with Crippen LogP contribution in [0.15, 0.2) is 48.5 Å². The number of thioether (sulfide) groups is 1. The summed E-state index contributed by atoms with van der Waals surface area (Å²) in [5, 5.41) is 4.21. The second-order valence-corrected chi connectivity index (χ2v) is 6.16. The van der Waals surface area contributed by atoms with Crippen molar-refractivity contribution in [1.29, 1.82) is 0 Å².